The molecule has 80 valence electrons. The number of aromatic nitrogens is 1. The summed E-state index contributed by atoms with van der Waals surface area (Å²) in [6, 6.07) is 3.71. The molecule has 0 aliphatic heterocycles. The first-order valence-corrected chi connectivity index (χ1v) is 4.98. The molecule has 0 spiro atoms. The lowest BCUT2D eigenvalue weighted by Crippen LogP contribution is -2.15. The van der Waals surface area contributed by atoms with Crippen molar-refractivity contribution in [1.29, 1.82) is 0 Å². The normalized spacial score (nSPS) is 12.9. The van der Waals surface area contributed by atoms with Crippen LogP contribution in [0.4, 0.5) is 5.82 Å². The van der Waals surface area contributed by atoms with Crippen LogP contribution in [0.25, 0.3) is 11.0 Å². The highest BCUT2D eigenvalue weighted by molar-refractivity contribution is 5.87. The number of hydrogen-bond donors (Lipinski definition) is 2. The van der Waals surface area contributed by atoms with Crippen molar-refractivity contribution >= 4 is 16.8 Å². The number of fused-ring (bicyclic) bond motifs is 1. The summed E-state index contributed by atoms with van der Waals surface area (Å²) in [4.78, 5) is 4.23. The molecule has 0 aromatic carbocycles. The minimum absolute atomic E-state index is 0.175. The van der Waals surface area contributed by atoms with E-state index >= 15 is 0 Å². The van der Waals surface area contributed by atoms with E-state index < -0.39 is 0 Å². The molecule has 1 unspecified atom stereocenters. The fraction of sp³-hybridized carbons (Fsp3) is 0.364. The molecule has 4 nitrogen and oxygen atoms in total. The van der Waals surface area contributed by atoms with Gasteiger partial charge in [-0.15, -0.1) is 0 Å². The van der Waals surface area contributed by atoms with Gasteiger partial charge in [-0.25, -0.2) is 4.98 Å². The van der Waals surface area contributed by atoms with Crippen LogP contribution in [-0.2, 0) is 0 Å². The molecule has 0 saturated heterocycles. The van der Waals surface area contributed by atoms with Crippen LogP contribution in [0.2, 0.25) is 0 Å². The van der Waals surface area contributed by atoms with Gasteiger partial charge in [0.15, 0.2) is 0 Å². The molecule has 15 heavy (non-hydrogen) atoms. The zero-order valence-corrected chi connectivity index (χ0v) is 8.60. The van der Waals surface area contributed by atoms with Crippen LogP contribution in [-0.4, -0.2) is 23.2 Å². The van der Waals surface area contributed by atoms with E-state index in [0.717, 1.165) is 16.8 Å². The quantitative estimate of drug-likeness (QED) is 0.801. The second kappa shape index (κ2) is 4.31. The third kappa shape index (κ3) is 2.10. The number of rotatable bonds is 4. The van der Waals surface area contributed by atoms with Crippen LogP contribution in [0.1, 0.15) is 6.92 Å². The summed E-state index contributed by atoms with van der Waals surface area (Å²) in [5, 5.41) is 13.1. The number of nitrogens with zero attached hydrogens (tertiary/aromatic N) is 1. The summed E-state index contributed by atoms with van der Waals surface area (Å²) >= 11 is 0. The molecule has 0 radical (unpaired) electrons. The van der Waals surface area contributed by atoms with Gasteiger partial charge >= 0.3 is 0 Å². The molecule has 2 N–H and O–H groups in total. The lowest BCUT2D eigenvalue weighted by atomic mass is 10.2. The van der Waals surface area contributed by atoms with Gasteiger partial charge in [-0.2, -0.15) is 0 Å². The molecule has 2 aromatic heterocycles. The first-order chi connectivity index (χ1) is 7.31. The van der Waals surface area contributed by atoms with E-state index in [1.807, 2.05) is 19.1 Å². The Hall–Kier alpha value is -1.55. The van der Waals surface area contributed by atoms with Crippen LogP contribution in [0.15, 0.2) is 29.0 Å². The van der Waals surface area contributed by atoms with Crippen LogP contribution < -0.4 is 5.32 Å². The maximum Gasteiger partial charge on any atom is 0.139 e. The molecule has 0 aliphatic carbocycles. The molecule has 2 aromatic rings. The fourth-order valence-corrected chi connectivity index (χ4v) is 1.37. The number of anilines is 1. The molecule has 0 aliphatic rings. The van der Waals surface area contributed by atoms with Gasteiger partial charge in [-0.3, -0.25) is 0 Å². The van der Waals surface area contributed by atoms with E-state index in [9.17, 15) is 0 Å². The molecule has 0 saturated carbocycles. The summed E-state index contributed by atoms with van der Waals surface area (Å²) in [6.45, 7) is 2.85. The smallest absolute Gasteiger partial charge is 0.139 e. The van der Waals surface area contributed by atoms with Crippen molar-refractivity contribution in [1.82, 2.24) is 4.98 Å². The lowest BCUT2D eigenvalue weighted by Gasteiger charge is -2.10. The topological polar surface area (TPSA) is 58.3 Å². The second-order valence-electron chi connectivity index (χ2n) is 3.66. The maximum absolute atomic E-state index is 8.91. The van der Waals surface area contributed by atoms with E-state index in [1.165, 1.54) is 0 Å². The van der Waals surface area contributed by atoms with Gasteiger partial charge in [-0.1, -0.05) is 6.92 Å². The third-order valence-corrected chi connectivity index (χ3v) is 2.31. The first-order valence-electron chi connectivity index (χ1n) is 4.98. The van der Waals surface area contributed by atoms with E-state index in [2.05, 4.69) is 10.3 Å². The number of hydrogen-bond acceptors (Lipinski definition) is 4. The van der Waals surface area contributed by atoms with Crippen molar-refractivity contribution < 1.29 is 9.52 Å². The minimum atomic E-state index is 0.175. The Bertz CT molecular complexity index is 439. The summed E-state index contributed by atoms with van der Waals surface area (Å²) in [5.74, 6) is 1.02. The summed E-state index contributed by atoms with van der Waals surface area (Å²) < 4.78 is 5.26. The van der Waals surface area contributed by atoms with E-state index in [1.54, 1.807) is 12.5 Å². The largest absolute Gasteiger partial charge is 0.464 e. The van der Waals surface area contributed by atoms with Crippen LogP contribution in [0, 0.1) is 5.92 Å². The number of furan rings is 1. The third-order valence-electron chi connectivity index (χ3n) is 2.31. The molecule has 0 amide bonds. The highest BCUT2D eigenvalue weighted by atomic mass is 16.3. The predicted molar refractivity (Wildman–Crippen MR) is 58.7 cm³/mol. The highest BCUT2D eigenvalue weighted by Crippen LogP contribution is 2.21. The van der Waals surface area contributed by atoms with Crippen molar-refractivity contribution in [3.8, 4) is 0 Å². The minimum Gasteiger partial charge on any atom is -0.464 e. The molecular formula is C11H14N2O2. The average molecular weight is 206 g/mol. The molecule has 2 heterocycles. The van der Waals surface area contributed by atoms with E-state index in [0.29, 0.717) is 6.54 Å². The van der Waals surface area contributed by atoms with E-state index in [-0.39, 0.29) is 12.5 Å². The molecule has 0 fully saturated rings. The summed E-state index contributed by atoms with van der Waals surface area (Å²) in [6.07, 6.45) is 3.35. The van der Waals surface area contributed by atoms with Crippen molar-refractivity contribution in [3.63, 3.8) is 0 Å². The maximum atomic E-state index is 8.91. The zero-order valence-electron chi connectivity index (χ0n) is 8.60. The molecule has 0 bridgehead atoms. The molecule has 1 atom stereocenters. The van der Waals surface area contributed by atoms with Crippen LogP contribution >= 0.6 is 0 Å². The predicted octanol–water partition coefficient (Wildman–Crippen LogP) is 1.87. The van der Waals surface area contributed by atoms with Crippen molar-refractivity contribution in [2.75, 3.05) is 18.5 Å². The Morgan fingerprint density at radius 2 is 2.40 bits per heavy atom. The number of pyridine rings is 1. The average Bonchev–Trinajstić information content (AvgIpc) is 2.74. The monoisotopic (exact) mass is 206 g/mol. The van der Waals surface area contributed by atoms with Crippen LogP contribution in [0.3, 0.4) is 0 Å². The van der Waals surface area contributed by atoms with E-state index in [4.69, 9.17) is 9.52 Å². The Morgan fingerprint density at radius 1 is 1.53 bits per heavy atom. The number of nitrogens with one attached hydrogen (secondary N) is 1. The Labute approximate surface area is 87.9 Å². The summed E-state index contributed by atoms with van der Waals surface area (Å²) in [5.41, 5.74) is 0.823. The first kappa shape index (κ1) is 9.98. The molecular weight excluding hydrogens is 192 g/mol. The van der Waals surface area contributed by atoms with Gasteiger partial charge in [0.2, 0.25) is 0 Å². The second-order valence-corrected chi connectivity index (χ2v) is 3.66. The van der Waals surface area contributed by atoms with Crippen molar-refractivity contribution in [3.05, 3.63) is 24.6 Å². The van der Waals surface area contributed by atoms with Gasteiger partial charge in [-0.05, 0) is 18.1 Å². The van der Waals surface area contributed by atoms with Gasteiger partial charge < -0.3 is 14.8 Å². The van der Waals surface area contributed by atoms with Gasteiger partial charge in [0.1, 0.15) is 11.4 Å². The Kier molecular flexibility index (Phi) is 2.87. The Balaban J connectivity index is 2.17. The van der Waals surface area contributed by atoms with Crippen molar-refractivity contribution in [2.24, 2.45) is 5.92 Å². The standard InChI is InChI=1S/C11H14N2O2/c1-8(7-14)6-13-11-9-3-5-15-10(9)2-4-12-11/h2-5,8,14H,6-7H2,1H3,(H,12,13). The summed E-state index contributed by atoms with van der Waals surface area (Å²) in [7, 11) is 0. The van der Waals surface area contributed by atoms with Gasteiger partial charge in [0.25, 0.3) is 0 Å². The highest BCUT2D eigenvalue weighted by Gasteiger charge is 2.05. The van der Waals surface area contributed by atoms with Gasteiger partial charge in [0, 0.05) is 19.3 Å². The number of aliphatic hydroxyl groups excluding tert-OH is 1. The molecule has 4 heteroatoms. The van der Waals surface area contributed by atoms with Crippen LogP contribution in [0.5, 0.6) is 0 Å². The van der Waals surface area contributed by atoms with Gasteiger partial charge in [0.05, 0.1) is 11.6 Å². The SMILES string of the molecule is CC(CO)CNc1nccc2occc12. The lowest BCUT2D eigenvalue weighted by molar-refractivity contribution is 0.244. The Morgan fingerprint density at radius 3 is 3.20 bits per heavy atom. The molecule has 2 rings (SSSR count). The van der Waals surface area contributed by atoms with Crippen molar-refractivity contribution in [2.45, 2.75) is 6.92 Å². The fourth-order valence-electron chi connectivity index (χ4n) is 1.37. The zero-order chi connectivity index (χ0) is 10.7. The number of aliphatic hydroxyl groups is 1.